The second-order valence-corrected chi connectivity index (χ2v) is 10.0. The topological polar surface area (TPSA) is 68.5 Å². The summed E-state index contributed by atoms with van der Waals surface area (Å²) in [7, 11) is 0. The number of ether oxygens (including phenoxy) is 1. The summed E-state index contributed by atoms with van der Waals surface area (Å²) in [5, 5.41) is 3.92. The van der Waals surface area contributed by atoms with Gasteiger partial charge in [-0.25, -0.2) is 0 Å². The molecule has 5 nitrogen and oxygen atoms in total. The molecule has 0 aliphatic rings. The Kier molecular flexibility index (Phi) is 8.72. The summed E-state index contributed by atoms with van der Waals surface area (Å²) < 4.78 is 12.5. The van der Waals surface area contributed by atoms with Crippen LogP contribution < -0.4 is 10.1 Å². The highest BCUT2D eigenvalue weighted by Crippen LogP contribution is 2.36. The molecule has 1 amide bonds. The molecule has 4 rings (SSSR count). The third-order valence-corrected chi connectivity index (χ3v) is 6.74. The molecule has 0 saturated heterocycles. The monoisotopic (exact) mass is 587 g/mol. The van der Waals surface area contributed by atoms with Gasteiger partial charge in [0.15, 0.2) is 11.5 Å². The van der Waals surface area contributed by atoms with Gasteiger partial charge in [-0.3, -0.25) is 9.59 Å². The molecule has 0 unspecified atom stereocenters. The molecule has 8 heteroatoms. The number of halogens is 3. The van der Waals surface area contributed by atoms with Crippen molar-refractivity contribution in [2.75, 3.05) is 11.9 Å². The Balaban J connectivity index is 1.60. The smallest absolute Gasteiger partial charge is 0.255 e. The number of hydrogen-bond acceptors (Lipinski definition) is 4. The molecule has 1 aromatic heterocycles. The lowest BCUT2D eigenvalue weighted by Gasteiger charge is -2.12. The van der Waals surface area contributed by atoms with Crippen LogP contribution in [0.4, 0.5) is 5.69 Å². The predicted molar refractivity (Wildman–Crippen MR) is 148 cm³/mol. The van der Waals surface area contributed by atoms with Crippen molar-refractivity contribution < 1.29 is 18.7 Å². The van der Waals surface area contributed by atoms with Gasteiger partial charge in [0, 0.05) is 21.0 Å². The van der Waals surface area contributed by atoms with Gasteiger partial charge in [-0.05, 0) is 55.0 Å². The van der Waals surface area contributed by atoms with Crippen LogP contribution in [0.15, 0.2) is 69.6 Å². The molecule has 0 radical (unpaired) electrons. The molecular weight excluding hydrogens is 565 g/mol. The fourth-order valence-electron chi connectivity index (χ4n) is 3.78. The van der Waals surface area contributed by atoms with Crippen molar-refractivity contribution in [2.45, 2.75) is 32.6 Å². The first kappa shape index (κ1) is 26.3. The van der Waals surface area contributed by atoms with Crippen LogP contribution in [-0.2, 0) is 0 Å². The first-order chi connectivity index (χ1) is 17.4. The molecule has 0 aliphatic carbocycles. The number of hydrogen-bond donors (Lipinski definition) is 1. The van der Waals surface area contributed by atoms with Gasteiger partial charge < -0.3 is 14.5 Å². The van der Waals surface area contributed by atoms with Crippen LogP contribution in [-0.4, -0.2) is 18.3 Å². The van der Waals surface area contributed by atoms with Crippen LogP contribution in [0.3, 0.4) is 0 Å². The van der Waals surface area contributed by atoms with E-state index in [0.29, 0.717) is 28.9 Å². The molecule has 186 valence electrons. The lowest BCUT2D eigenvalue weighted by Crippen LogP contribution is -2.14. The van der Waals surface area contributed by atoms with Crippen molar-refractivity contribution >= 4 is 67.5 Å². The molecule has 0 bridgehead atoms. The van der Waals surface area contributed by atoms with E-state index in [1.165, 1.54) is 12.1 Å². The number of ketones is 1. The van der Waals surface area contributed by atoms with E-state index in [9.17, 15) is 9.59 Å². The van der Waals surface area contributed by atoms with Gasteiger partial charge in [0.2, 0.25) is 5.78 Å². The molecule has 4 aromatic rings. The van der Waals surface area contributed by atoms with Crippen LogP contribution in [0.1, 0.15) is 59.1 Å². The highest BCUT2D eigenvalue weighted by molar-refractivity contribution is 9.10. The third kappa shape index (κ3) is 5.94. The van der Waals surface area contributed by atoms with Crippen LogP contribution in [0, 0.1) is 0 Å². The molecule has 0 atom stereocenters. The zero-order valence-electron chi connectivity index (χ0n) is 19.6. The fraction of sp³-hybridized carbons (Fsp3) is 0.214. The Labute approximate surface area is 227 Å². The van der Waals surface area contributed by atoms with E-state index in [-0.39, 0.29) is 32.8 Å². The summed E-state index contributed by atoms with van der Waals surface area (Å²) in [5.74, 6) is -0.441. The average molecular weight is 589 g/mol. The summed E-state index contributed by atoms with van der Waals surface area (Å²) in [6, 6.07) is 17.0. The van der Waals surface area contributed by atoms with Gasteiger partial charge in [0.05, 0.1) is 22.3 Å². The second kappa shape index (κ2) is 12.0. The van der Waals surface area contributed by atoms with Crippen molar-refractivity contribution in [3.63, 3.8) is 0 Å². The number of amides is 1. The Morgan fingerprint density at radius 1 is 0.944 bits per heavy atom. The Morgan fingerprint density at radius 2 is 1.64 bits per heavy atom. The minimum absolute atomic E-state index is 0.0381. The number of carbonyl (C=O) groups is 2. The zero-order chi connectivity index (χ0) is 25.7. The lowest BCUT2D eigenvalue weighted by molar-refractivity contribution is 0.101. The molecular formula is C28H24BrCl2NO4. The molecule has 0 saturated carbocycles. The molecule has 1 N–H and O–H groups in total. The zero-order valence-corrected chi connectivity index (χ0v) is 22.7. The van der Waals surface area contributed by atoms with Gasteiger partial charge in [-0.1, -0.05) is 77.5 Å². The minimum Gasteiger partial charge on any atom is -0.490 e. The molecule has 0 spiro atoms. The van der Waals surface area contributed by atoms with Crippen molar-refractivity contribution in [2.24, 2.45) is 0 Å². The number of nitrogens with one attached hydrogen (secondary N) is 1. The van der Waals surface area contributed by atoms with Gasteiger partial charge in [0.25, 0.3) is 5.91 Å². The van der Waals surface area contributed by atoms with E-state index in [0.717, 1.165) is 30.2 Å². The summed E-state index contributed by atoms with van der Waals surface area (Å²) >= 11 is 16.2. The number of para-hydroxylation sites is 1. The summed E-state index contributed by atoms with van der Waals surface area (Å²) in [5.41, 5.74) is 1.43. The van der Waals surface area contributed by atoms with Crippen molar-refractivity contribution in [1.29, 1.82) is 0 Å². The fourth-order valence-corrected chi connectivity index (χ4v) is 4.64. The highest BCUT2D eigenvalue weighted by Gasteiger charge is 2.24. The number of benzene rings is 3. The van der Waals surface area contributed by atoms with E-state index in [1.54, 1.807) is 42.5 Å². The van der Waals surface area contributed by atoms with Crippen LogP contribution in [0.2, 0.25) is 10.0 Å². The third-order valence-electron chi connectivity index (χ3n) is 5.65. The quantitative estimate of drug-likeness (QED) is 0.148. The largest absolute Gasteiger partial charge is 0.490 e. The van der Waals surface area contributed by atoms with E-state index >= 15 is 0 Å². The highest BCUT2D eigenvalue weighted by atomic mass is 79.9. The SMILES string of the molecule is CCCCCCOc1c(Cl)cc(C(=O)Nc2c(C(=O)c3ccc(Br)cc3)oc3ccccc23)cc1Cl. The van der Waals surface area contributed by atoms with Gasteiger partial charge in [-0.2, -0.15) is 0 Å². The number of unbranched alkanes of at least 4 members (excludes halogenated alkanes) is 3. The molecule has 0 fully saturated rings. The normalized spacial score (nSPS) is 11.0. The van der Waals surface area contributed by atoms with E-state index in [2.05, 4.69) is 28.2 Å². The Morgan fingerprint density at radius 3 is 2.33 bits per heavy atom. The van der Waals surface area contributed by atoms with E-state index < -0.39 is 5.91 Å². The lowest BCUT2D eigenvalue weighted by atomic mass is 10.1. The van der Waals surface area contributed by atoms with E-state index in [4.69, 9.17) is 32.4 Å². The molecule has 0 aliphatic heterocycles. The molecule has 36 heavy (non-hydrogen) atoms. The van der Waals surface area contributed by atoms with Crippen LogP contribution in [0.25, 0.3) is 11.0 Å². The maximum absolute atomic E-state index is 13.3. The van der Waals surface area contributed by atoms with Gasteiger partial charge >= 0.3 is 0 Å². The first-order valence-corrected chi connectivity index (χ1v) is 13.2. The Bertz CT molecular complexity index is 1380. The number of anilines is 1. The first-order valence-electron chi connectivity index (χ1n) is 11.6. The minimum atomic E-state index is -0.482. The number of fused-ring (bicyclic) bond motifs is 1. The number of rotatable bonds is 10. The van der Waals surface area contributed by atoms with Crippen LogP contribution in [0.5, 0.6) is 5.75 Å². The van der Waals surface area contributed by atoms with Crippen LogP contribution >= 0.6 is 39.1 Å². The van der Waals surface area contributed by atoms with E-state index in [1.807, 2.05) is 6.07 Å². The average Bonchev–Trinajstić information content (AvgIpc) is 3.23. The van der Waals surface area contributed by atoms with Crippen molar-refractivity contribution in [3.8, 4) is 5.75 Å². The summed E-state index contributed by atoms with van der Waals surface area (Å²) in [6.45, 7) is 2.64. The Hall–Kier alpha value is -2.80. The van der Waals surface area contributed by atoms with Crippen molar-refractivity contribution in [3.05, 3.63) is 92.1 Å². The van der Waals surface area contributed by atoms with Crippen molar-refractivity contribution in [1.82, 2.24) is 0 Å². The van der Waals surface area contributed by atoms with Gasteiger partial charge in [0.1, 0.15) is 5.58 Å². The maximum Gasteiger partial charge on any atom is 0.255 e. The maximum atomic E-state index is 13.3. The predicted octanol–water partition coefficient (Wildman–Crippen LogP) is 8.94. The summed E-state index contributed by atoms with van der Waals surface area (Å²) in [6.07, 6.45) is 4.23. The standard InChI is InChI=1S/C28H24BrCl2NO4/c1-2-3-4-7-14-35-26-21(30)15-18(16-22(26)31)28(34)32-24-20-8-5-6-9-23(20)36-27(24)25(33)17-10-12-19(29)13-11-17/h5-6,8-13,15-16H,2-4,7,14H2,1H3,(H,32,34). The summed E-state index contributed by atoms with van der Waals surface area (Å²) in [4.78, 5) is 26.5. The second-order valence-electron chi connectivity index (χ2n) is 8.27. The molecule has 3 aromatic carbocycles. The number of carbonyl (C=O) groups excluding carboxylic acids is 2. The molecule has 1 heterocycles. The number of furan rings is 1. The van der Waals surface area contributed by atoms with Gasteiger partial charge in [-0.15, -0.1) is 0 Å².